The molecule has 18 heavy (non-hydrogen) atoms. The summed E-state index contributed by atoms with van der Waals surface area (Å²) in [7, 11) is 0. The quantitative estimate of drug-likeness (QED) is 0.907. The van der Waals surface area contributed by atoms with Crippen LogP contribution in [-0.4, -0.2) is 15.0 Å². The molecule has 0 spiro atoms. The van der Waals surface area contributed by atoms with Crippen molar-refractivity contribution in [1.29, 1.82) is 0 Å². The van der Waals surface area contributed by atoms with Crippen LogP contribution in [0.25, 0.3) is 0 Å². The lowest BCUT2D eigenvalue weighted by atomic mass is 9.92. The van der Waals surface area contributed by atoms with Gasteiger partial charge in [-0.15, -0.1) is 5.10 Å². The number of hydrogen-bond acceptors (Lipinski definition) is 3. The molecule has 0 aliphatic rings. The Bertz CT molecular complexity index is 554. The lowest BCUT2D eigenvalue weighted by molar-refractivity contribution is 0.503. The van der Waals surface area contributed by atoms with Gasteiger partial charge in [-0.25, -0.2) is 4.68 Å². The Morgan fingerprint density at radius 1 is 1.28 bits per heavy atom. The van der Waals surface area contributed by atoms with Crippen LogP contribution in [0.4, 0.5) is 5.82 Å². The van der Waals surface area contributed by atoms with E-state index in [1.165, 1.54) is 0 Å². The third kappa shape index (κ3) is 2.48. The van der Waals surface area contributed by atoms with Crippen LogP contribution in [0.15, 0.2) is 24.3 Å². The number of aromatic nitrogens is 3. The Morgan fingerprint density at radius 2 is 1.94 bits per heavy atom. The zero-order valence-corrected chi connectivity index (χ0v) is 11.6. The predicted molar refractivity (Wildman–Crippen MR) is 73.7 cm³/mol. The Kier molecular flexibility index (Phi) is 3.30. The fourth-order valence-electron chi connectivity index (χ4n) is 2.00. The van der Waals surface area contributed by atoms with Crippen molar-refractivity contribution in [2.24, 2.45) is 0 Å². The molecule has 1 aromatic heterocycles. The van der Waals surface area contributed by atoms with E-state index in [9.17, 15) is 0 Å². The molecular weight excluding hydrogens is 248 g/mol. The van der Waals surface area contributed by atoms with Crippen LogP contribution in [0.2, 0.25) is 5.02 Å². The summed E-state index contributed by atoms with van der Waals surface area (Å²) < 4.78 is 1.82. The molecule has 1 aromatic carbocycles. The molecular formula is C13H17ClN4. The van der Waals surface area contributed by atoms with Crippen LogP contribution >= 0.6 is 11.6 Å². The Hall–Kier alpha value is -1.55. The topological polar surface area (TPSA) is 56.7 Å². The molecule has 0 saturated heterocycles. The molecule has 0 amide bonds. The summed E-state index contributed by atoms with van der Waals surface area (Å²) >= 11 is 6.15. The molecule has 0 radical (unpaired) electrons. The summed E-state index contributed by atoms with van der Waals surface area (Å²) in [6.07, 6.45) is 0. The van der Waals surface area contributed by atoms with Crippen molar-refractivity contribution >= 4 is 17.4 Å². The van der Waals surface area contributed by atoms with Crippen molar-refractivity contribution in [3.05, 3.63) is 40.5 Å². The third-order valence-corrected chi connectivity index (χ3v) is 3.12. The normalized spacial score (nSPS) is 11.8. The second-order valence-electron chi connectivity index (χ2n) is 5.32. The second kappa shape index (κ2) is 4.61. The second-order valence-corrected chi connectivity index (χ2v) is 5.73. The summed E-state index contributed by atoms with van der Waals surface area (Å²) in [5.41, 5.74) is 7.73. The molecule has 1 heterocycles. The highest BCUT2D eigenvalue weighted by atomic mass is 35.5. The number of halogens is 1. The van der Waals surface area contributed by atoms with Crippen LogP contribution in [-0.2, 0) is 12.0 Å². The molecule has 0 aliphatic heterocycles. The lowest BCUT2D eigenvalue weighted by Crippen LogP contribution is -2.20. The average Bonchev–Trinajstić information content (AvgIpc) is 2.62. The van der Waals surface area contributed by atoms with E-state index in [2.05, 4.69) is 31.1 Å². The van der Waals surface area contributed by atoms with E-state index in [4.69, 9.17) is 17.3 Å². The number of nitrogen functional groups attached to an aromatic ring is 1. The van der Waals surface area contributed by atoms with Gasteiger partial charge < -0.3 is 5.73 Å². The van der Waals surface area contributed by atoms with Crippen LogP contribution in [0.5, 0.6) is 0 Å². The van der Waals surface area contributed by atoms with E-state index in [-0.39, 0.29) is 5.41 Å². The smallest absolute Gasteiger partial charge is 0.169 e. The van der Waals surface area contributed by atoms with Crippen molar-refractivity contribution in [2.75, 3.05) is 5.73 Å². The van der Waals surface area contributed by atoms with Gasteiger partial charge in [-0.05, 0) is 11.6 Å². The summed E-state index contributed by atoms with van der Waals surface area (Å²) in [5.74, 6) is 0.481. The summed E-state index contributed by atoms with van der Waals surface area (Å²) in [5, 5.41) is 8.79. The van der Waals surface area contributed by atoms with Gasteiger partial charge in [0.05, 0.1) is 12.2 Å². The minimum Gasteiger partial charge on any atom is -0.381 e. The first-order valence-corrected chi connectivity index (χ1v) is 6.20. The third-order valence-electron chi connectivity index (χ3n) is 2.75. The summed E-state index contributed by atoms with van der Waals surface area (Å²) in [6, 6.07) is 7.71. The molecule has 0 fully saturated rings. The van der Waals surface area contributed by atoms with Crippen molar-refractivity contribution in [1.82, 2.24) is 15.0 Å². The predicted octanol–water partition coefficient (Wildman–Crippen LogP) is 2.86. The Balaban J connectivity index is 2.39. The van der Waals surface area contributed by atoms with Crippen LogP contribution in [0.1, 0.15) is 32.0 Å². The fraction of sp³-hybridized carbons (Fsp3) is 0.385. The van der Waals surface area contributed by atoms with Crippen molar-refractivity contribution < 1.29 is 0 Å². The van der Waals surface area contributed by atoms with Gasteiger partial charge in [-0.2, -0.15) is 0 Å². The number of nitrogens with zero attached hydrogens (tertiary/aromatic N) is 3. The molecule has 0 aliphatic carbocycles. The number of nitrogens with two attached hydrogens (primary N) is 1. The Morgan fingerprint density at radius 3 is 2.56 bits per heavy atom. The van der Waals surface area contributed by atoms with E-state index in [1.54, 1.807) is 0 Å². The number of rotatable bonds is 2. The van der Waals surface area contributed by atoms with E-state index in [0.29, 0.717) is 12.4 Å². The van der Waals surface area contributed by atoms with Crippen LogP contribution in [0, 0.1) is 0 Å². The highest BCUT2D eigenvalue weighted by Crippen LogP contribution is 2.27. The maximum atomic E-state index is 6.15. The largest absolute Gasteiger partial charge is 0.381 e. The van der Waals surface area contributed by atoms with Crippen molar-refractivity contribution in [3.8, 4) is 0 Å². The molecule has 0 unspecified atom stereocenters. The first-order valence-electron chi connectivity index (χ1n) is 5.82. The molecule has 96 valence electrons. The molecule has 2 aromatic rings. The van der Waals surface area contributed by atoms with Gasteiger partial charge in [0.15, 0.2) is 5.82 Å². The summed E-state index contributed by atoms with van der Waals surface area (Å²) in [4.78, 5) is 0. The monoisotopic (exact) mass is 264 g/mol. The first-order chi connectivity index (χ1) is 8.39. The molecule has 0 atom stereocenters. The number of benzene rings is 1. The highest BCUT2D eigenvalue weighted by Gasteiger charge is 2.24. The SMILES string of the molecule is CC(C)(C)c1c(N)nnn1Cc1ccccc1Cl. The van der Waals surface area contributed by atoms with E-state index < -0.39 is 0 Å². The maximum Gasteiger partial charge on any atom is 0.169 e. The maximum absolute atomic E-state index is 6.15. The zero-order chi connectivity index (χ0) is 13.3. The van der Waals surface area contributed by atoms with Crippen molar-refractivity contribution in [3.63, 3.8) is 0 Å². The average molecular weight is 265 g/mol. The number of anilines is 1. The summed E-state index contributed by atoms with van der Waals surface area (Å²) in [6.45, 7) is 6.85. The van der Waals surface area contributed by atoms with Gasteiger partial charge in [0.2, 0.25) is 0 Å². The highest BCUT2D eigenvalue weighted by molar-refractivity contribution is 6.31. The van der Waals surface area contributed by atoms with E-state index in [1.807, 2.05) is 28.9 Å². The van der Waals surface area contributed by atoms with Gasteiger partial charge in [0.1, 0.15) is 0 Å². The molecule has 0 saturated carbocycles. The minimum atomic E-state index is -0.102. The first kappa shape index (κ1) is 12.9. The fourth-order valence-corrected chi connectivity index (χ4v) is 2.19. The lowest BCUT2D eigenvalue weighted by Gasteiger charge is -2.20. The van der Waals surface area contributed by atoms with Gasteiger partial charge >= 0.3 is 0 Å². The number of hydrogen-bond donors (Lipinski definition) is 1. The standard InChI is InChI=1S/C13H17ClN4/c1-13(2,3)11-12(15)16-17-18(11)8-9-6-4-5-7-10(9)14/h4-7H,8,15H2,1-3H3. The molecule has 4 nitrogen and oxygen atoms in total. The van der Waals surface area contributed by atoms with Gasteiger partial charge in [0, 0.05) is 10.4 Å². The van der Waals surface area contributed by atoms with E-state index in [0.717, 1.165) is 16.3 Å². The van der Waals surface area contributed by atoms with Crippen LogP contribution < -0.4 is 5.73 Å². The van der Waals surface area contributed by atoms with Gasteiger partial charge in [-0.3, -0.25) is 0 Å². The zero-order valence-electron chi connectivity index (χ0n) is 10.8. The molecule has 2 N–H and O–H groups in total. The van der Waals surface area contributed by atoms with Gasteiger partial charge in [-0.1, -0.05) is 55.8 Å². The molecule has 0 bridgehead atoms. The molecule has 5 heteroatoms. The van der Waals surface area contributed by atoms with E-state index >= 15 is 0 Å². The minimum absolute atomic E-state index is 0.102. The Labute approximate surface area is 112 Å². The van der Waals surface area contributed by atoms with Crippen LogP contribution in [0.3, 0.4) is 0 Å². The van der Waals surface area contributed by atoms with Gasteiger partial charge in [0.25, 0.3) is 0 Å². The molecule has 2 rings (SSSR count). The van der Waals surface area contributed by atoms with Crippen molar-refractivity contribution in [2.45, 2.75) is 32.7 Å².